The summed E-state index contributed by atoms with van der Waals surface area (Å²) < 4.78 is 0. The van der Waals surface area contributed by atoms with E-state index in [0.29, 0.717) is 15.9 Å². The SMILES string of the molecule is ClC/C(=C(\Cl)c1ccccc1)c1ccccc1Cl. The summed E-state index contributed by atoms with van der Waals surface area (Å²) in [6.45, 7) is 0. The van der Waals surface area contributed by atoms with Gasteiger partial charge in [0.05, 0.1) is 5.03 Å². The fourth-order valence-corrected chi connectivity index (χ4v) is 2.60. The molecule has 0 aliphatic rings. The average molecular weight is 298 g/mol. The van der Waals surface area contributed by atoms with E-state index in [9.17, 15) is 0 Å². The van der Waals surface area contributed by atoms with Gasteiger partial charge in [0.25, 0.3) is 0 Å². The molecule has 2 rings (SSSR count). The molecule has 18 heavy (non-hydrogen) atoms. The van der Waals surface area contributed by atoms with Crippen molar-refractivity contribution in [1.29, 1.82) is 0 Å². The molecule has 2 aromatic rings. The lowest BCUT2D eigenvalue weighted by molar-refractivity contribution is 1.56. The fraction of sp³-hybridized carbons (Fsp3) is 0.0667. The summed E-state index contributed by atoms with van der Waals surface area (Å²) in [4.78, 5) is 0. The third kappa shape index (κ3) is 2.89. The van der Waals surface area contributed by atoms with Crippen molar-refractivity contribution in [2.75, 3.05) is 5.88 Å². The van der Waals surface area contributed by atoms with Gasteiger partial charge in [0, 0.05) is 10.9 Å². The smallest absolute Gasteiger partial charge is 0.0529 e. The van der Waals surface area contributed by atoms with Gasteiger partial charge in [0.2, 0.25) is 0 Å². The number of halogens is 3. The molecule has 0 saturated carbocycles. The number of allylic oxidation sites excluding steroid dienone is 1. The molecule has 0 heterocycles. The van der Waals surface area contributed by atoms with Gasteiger partial charge in [-0.05, 0) is 22.8 Å². The van der Waals surface area contributed by atoms with Gasteiger partial charge >= 0.3 is 0 Å². The van der Waals surface area contributed by atoms with E-state index in [1.807, 2.05) is 54.6 Å². The highest BCUT2D eigenvalue weighted by Gasteiger charge is 2.11. The molecule has 92 valence electrons. The maximum absolute atomic E-state index is 6.42. The van der Waals surface area contributed by atoms with E-state index in [0.717, 1.165) is 16.7 Å². The van der Waals surface area contributed by atoms with Crippen LogP contribution in [0.5, 0.6) is 0 Å². The molecule has 0 aliphatic carbocycles. The molecule has 0 fully saturated rings. The van der Waals surface area contributed by atoms with Gasteiger partial charge in [-0.25, -0.2) is 0 Å². The zero-order valence-electron chi connectivity index (χ0n) is 9.54. The lowest BCUT2D eigenvalue weighted by atomic mass is 10.0. The van der Waals surface area contributed by atoms with Crippen LogP contribution in [0.1, 0.15) is 11.1 Å². The van der Waals surface area contributed by atoms with Crippen molar-refractivity contribution in [3.8, 4) is 0 Å². The third-order valence-electron chi connectivity index (χ3n) is 2.62. The van der Waals surface area contributed by atoms with Gasteiger partial charge in [-0.3, -0.25) is 0 Å². The second-order valence-corrected chi connectivity index (χ2v) is 4.82. The van der Waals surface area contributed by atoms with Crippen molar-refractivity contribution in [2.24, 2.45) is 0 Å². The fourth-order valence-electron chi connectivity index (χ4n) is 1.71. The standard InChI is InChI=1S/C15H11Cl3/c16-10-13(12-8-4-5-9-14(12)17)15(18)11-6-2-1-3-7-11/h1-9H,10H2/b15-13+. The molecule has 0 radical (unpaired) electrons. The average Bonchev–Trinajstić information content (AvgIpc) is 2.42. The first kappa shape index (κ1) is 13.5. The zero-order chi connectivity index (χ0) is 13.0. The Morgan fingerprint density at radius 1 is 0.889 bits per heavy atom. The molecule has 0 nitrogen and oxygen atoms in total. The van der Waals surface area contributed by atoms with E-state index in [1.54, 1.807) is 0 Å². The van der Waals surface area contributed by atoms with Gasteiger partial charge in [-0.1, -0.05) is 71.7 Å². The Morgan fingerprint density at radius 3 is 2.11 bits per heavy atom. The van der Waals surface area contributed by atoms with Crippen LogP contribution in [0.4, 0.5) is 0 Å². The minimum absolute atomic E-state index is 0.317. The Labute approximate surface area is 122 Å². The van der Waals surface area contributed by atoms with E-state index in [4.69, 9.17) is 34.8 Å². The van der Waals surface area contributed by atoms with Crippen LogP contribution in [-0.2, 0) is 0 Å². The summed E-state index contributed by atoms with van der Waals surface area (Å²) in [5.41, 5.74) is 2.66. The van der Waals surface area contributed by atoms with Crippen LogP contribution < -0.4 is 0 Å². The normalized spacial score (nSPS) is 12.2. The molecular weight excluding hydrogens is 287 g/mol. The molecule has 0 amide bonds. The van der Waals surface area contributed by atoms with Crippen molar-refractivity contribution in [3.63, 3.8) is 0 Å². The van der Waals surface area contributed by atoms with Gasteiger partial charge in [-0.2, -0.15) is 0 Å². The van der Waals surface area contributed by atoms with E-state index < -0.39 is 0 Å². The van der Waals surface area contributed by atoms with Crippen LogP contribution in [0.2, 0.25) is 5.02 Å². The highest BCUT2D eigenvalue weighted by Crippen LogP contribution is 2.33. The van der Waals surface area contributed by atoms with E-state index in [2.05, 4.69) is 0 Å². The molecule has 0 spiro atoms. The molecule has 0 aliphatic heterocycles. The largest absolute Gasteiger partial charge is 0.121 e. The van der Waals surface area contributed by atoms with Crippen LogP contribution in [0, 0.1) is 0 Å². The lowest BCUT2D eigenvalue weighted by Crippen LogP contribution is -1.91. The molecule has 0 bridgehead atoms. The second-order valence-electron chi connectivity index (χ2n) is 3.77. The van der Waals surface area contributed by atoms with E-state index in [1.165, 1.54) is 0 Å². The van der Waals surface area contributed by atoms with Crippen molar-refractivity contribution < 1.29 is 0 Å². The predicted octanol–water partition coefficient (Wildman–Crippen LogP) is 5.69. The molecule has 0 saturated heterocycles. The molecule has 2 aromatic carbocycles. The quantitative estimate of drug-likeness (QED) is 0.504. The molecule has 0 unspecified atom stereocenters. The predicted molar refractivity (Wildman–Crippen MR) is 81.3 cm³/mol. The maximum atomic E-state index is 6.42. The second kappa shape index (κ2) is 6.29. The molecule has 0 aromatic heterocycles. The van der Waals surface area contributed by atoms with Gasteiger partial charge < -0.3 is 0 Å². The monoisotopic (exact) mass is 296 g/mol. The van der Waals surface area contributed by atoms with Gasteiger partial charge in [0.1, 0.15) is 0 Å². The van der Waals surface area contributed by atoms with Crippen LogP contribution in [0.3, 0.4) is 0 Å². The summed E-state index contributed by atoms with van der Waals surface area (Å²) >= 11 is 18.6. The van der Waals surface area contributed by atoms with Crippen molar-refractivity contribution >= 4 is 45.4 Å². The Balaban J connectivity index is 2.55. The molecular formula is C15H11Cl3. The topological polar surface area (TPSA) is 0 Å². The van der Waals surface area contributed by atoms with Gasteiger partial charge in [0.15, 0.2) is 0 Å². The van der Waals surface area contributed by atoms with Crippen LogP contribution in [0.15, 0.2) is 54.6 Å². The summed E-state index contributed by atoms with van der Waals surface area (Å²) in [6, 6.07) is 17.3. The maximum Gasteiger partial charge on any atom is 0.0529 e. The number of benzene rings is 2. The van der Waals surface area contributed by atoms with Crippen molar-refractivity contribution in [2.45, 2.75) is 0 Å². The first-order valence-corrected chi connectivity index (χ1v) is 6.78. The Hall–Kier alpha value is -0.950. The highest BCUT2D eigenvalue weighted by atomic mass is 35.5. The van der Waals surface area contributed by atoms with Crippen LogP contribution >= 0.6 is 34.8 Å². The van der Waals surface area contributed by atoms with Crippen molar-refractivity contribution in [1.82, 2.24) is 0 Å². The minimum Gasteiger partial charge on any atom is -0.121 e. The van der Waals surface area contributed by atoms with E-state index in [-0.39, 0.29) is 0 Å². The Bertz CT molecular complexity index is 559. The van der Waals surface area contributed by atoms with Crippen molar-refractivity contribution in [3.05, 3.63) is 70.7 Å². The Kier molecular flexibility index (Phi) is 4.71. The summed E-state index contributed by atoms with van der Waals surface area (Å²) in [5, 5.41) is 1.29. The number of alkyl halides is 1. The minimum atomic E-state index is 0.317. The summed E-state index contributed by atoms with van der Waals surface area (Å²) in [6.07, 6.45) is 0. The van der Waals surface area contributed by atoms with Crippen LogP contribution in [-0.4, -0.2) is 5.88 Å². The molecule has 3 heteroatoms. The molecule has 0 N–H and O–H groups in total. The molecule has 0 atom stereocenters. The Morgan fingerprint density at radius 2 is 1.50 bits per heavy atom. The zero-order valence-corrected chi connectivity index (χ0v) is 11.8. The third-order valence-corrected chi connectivity index (χ3v) is 3.67. The number of rotatable bonds is 3. The summed E-state index contributed by atoms with van der Waals surface area (Å²) in [7, 11) is 0. The highest BCUT2D eigenvalue weighted by molar-refractivity contribution is 6.54. The number of hydrogen-bond acceptors (Lipinski definition) is 0. The number of hydrogen-bond donors (Lipinski definition) is 0. The first-order chi connectivity index (χ1) is 8.74. The van der Waals surface area contributed by atoms with Gasteiger partial charge in [-0.15, -0.1) is 11.6 Å². The lowest BCUT2D eigenvalue weighted by Gasteiger charge is -2.10. The van der Waals surface area contributed by atoms with E-state index >= 15 is 0 Å². The summed E-state index contributed by atoms with van der Waals surface area (Å²) in [5.74, 6) is 0.317. The first-order valence-electron chi connectivity index (χ1n) is 5.49. The van der Waals surface area contributed by atoms with Crippen LogP contribution in [0.25, 0.3) is 10.6 Å².